The van der Waals surface area contributed by atoms with E-state index in [-0.39, 0.29) is 23.3 Å². The number of amides is 4. The number of benzene rings is 1. The van der Waals surface area contributed by atoms with Crippen LogP contribution in [0.25, 0.3) is 0 Å². The molecule has 10 heteroatoms. The Hall–Kier alpha value is -2.46. The molecule has 0 unspecified atom stereocenters. The molecule has 4 N–H and O–H groups in total. The number of carbonyl (C=O) groups excluding carboxylic acids is 3. The van der Waals surface area contributed by atoms with Crippen LogP contribution in [0.15, 0.2) is 29.2 Å². The zero-order chi connectivity index (χ0) is 21.2. The minimum atomic E-state index is -3.74. The molecule has 1 aromatic rings. The normalized spacial score (nSPS) is 24.6. The SMILES string of the molecule is C[C@H]1CCCC[C@]12NC(=O)N(CC(=O)NCCc1ccc(S(N)(=O)=O)cc1)C2=O. The van der Waals surface area contributed by atoms with Crippen LogP contribution in [-0.2, 0) is 26.0 Å². The molecular formula is C19H26N4O5S. The van der Waals surface area contributed by atoms with E-state index in [1.807, 2.05) is 6.92 Å². The van der Waals surface area contributed by atoms with Crippen LogP contribution in [0.2, 0.25) is 0 Å². The van der Waals surface area contributed by atoms with E-state index in [4.69, 9.17) is 5.14 Å². The number of nitrogens with two attached hydrogens (primary N) is 1. The van der Waals surface area contributed by atoms with Gasteiger partial charge in [-0.1, -0.05) is 31.9 Å². The van der Waals surface area contributed by atoms with Crippen molar-refractivity contribution in [1.82, 2.24) is 15.5 Å². The molecule has 1 saturated heterocycles. The predicted molar refractivity (Wildman–Crippen MR) is 105 cm³/mol. The second kappa shape index (κ2) is 8.11. The predicted octanol–water partition coefficient (Wildman–Crippen LogP) is 0.493. The maximum Gasteiger partial charge on any atom is 0.325 e. The Morgan fingerprint density at radius 2 is 1.97 bits per heavy atom. The lowest BCUT2D eigenvalue weighted by molar-refractivity contribution is -0.137. The number of carbonyl (C=O) groups is 3. The molecule has 9 nitrogen and oxygen atoms in total. The first-order valence-corrected chi connectivity index (χ1v) is 11.2. The van der Waals surface area contributed by atoms with E-state index < -0.39 is 27.5 Å². The summed E-state index contributed by atoms with van der Waals surface area (Å²) in [5.74, 6) is -0.695. The minimum Gasteiger partial charge on any atom is -0.354 e. The molecule has 1 aliphatic carbocycles. The van der Waals surface area contributed by atoms with Gasteiger partial charge in [-0.25, -0.2) is 18.4 Å². The van der Waals surface area contributed by atoms with Crippen LogP contribution >= 0.6 is 0 Å². The van der Waals surface area contributed by atoms with Crippen LogP contribution in [0.3, 0.4) is 0 Å². The Labute approximate surface area is 170 Å². The molecule has 0 aromatic heterocycles. The summed E-state index contributed by atoms with van der Waals surface area (Å²) in [5, 5.41) is 10.6. The Kier molecular flexibility index (Phi) is 5.95. The molecular weight excluding hydrogens is 396 g/mol. The van der Waals surface area contributed by atoms with Gasteiger partial charge >= 0.3 is 6.03 Å². The maximum atomic E-state index is 12.9. The third-order valence-corrected chi connectivity index (χ3v) is 6.72. The van der Waals surface area contributed by atoms with Crippen molar-refractivity contribution in [1.29, 1.82) is 0 Å². The standard InChI is InChI=1S/C19H26N4O5S/c1-13-4-2-3-10-19(13)17(25)23(18(26)22-19)12-16(24)21-11-9-14-5-7-15(8-6-14)29(20,27)28/h5-8,13H,2-4,9-12H2,1H3,(H,21,24)(H,22,26)(H2,20,27,28)/t13-,19-/m0/s1. The summed E-state index contributed by atoms with van der Waals surface area (Å²) >= 11 is 0. The Bertz CT molecular complexity index is 915. The smallest absolute Gasteiger partial charge is 0.325 e. The van der Waals surface area contributed by atoms with Crippen molar-refractivity contribution in [3.05, 3.63) is 29.8 Å². The average molecular weight is 423 g/mol. The van der Waals surface area contributed by atoms with E-state index in [2.05, 4.69) is 10.6 Å². The van der Waals surface area contributed by atoms with Crippen molar-refractivity contribution in [3.63, 3.8) is 0 Å². The zero-order valence-electron chi connectivity index (χ0n) is 16.3. The van der Waals surface area contributed by atoms with Crippen LogP contribution in [-0.4, -0.2) is 49.8 Å². The number of urea groups is 1. The van der Waals surface area contributed by atoms with Crippen molar-refractivity contribution in [3.8, 4) is 0 Å². The van der Waals surface area contributed by atoms with Gasteiger partial charge in [-0.15, -0.1) is 0 Å². The van der Waals surface area contributed by atoms with Crippen LogP contribution in [0.4, 0.5) is 4.79 Å². The highest BCUT2D eigenvalue weighted by Crippen LogP contribution is 2.38. The van der Waals surface area contributed by atoms with E-state index in [1.54, 1.807) is 12.1 Å². The van der Waals surface area contributed by atoms with E-state index >= 15 is 0 Å². The van der Waals surface area contributed by atoms with Gasteiger partial charge in [0.25, 0.3) is 5.91 Å². The molecule has 1 saturated carbocycles. The van der Waals surface area contributed by atoms with Crippen molar-refractivity contribution in [2.45, 2.75) is 49.5 Å². The largest absolute Gasteiger partial charge is 0.354 e. The number of sulfonamides is 1. The third-order valence-electron chi connectivity index (χ3n) is 5.79. The molecule has 1 heterocycles. The molecule has 3 rings (SSSR count). The molecule has 4 amide bonds. The lowest BCUT2D eigenvalue weighted by atomic mass is 9.73. The zero-order valence-corrected chi connectivity index (χ0v) is 17.1. The first-order chi connectivity index (χ1) is 13.6. The molecule has 0 bridgehead atoms. The van der Waals surface area contributed by atoms with Crippen molar-refractivity contribution < 1.29 is 22.8 Å². The van der Waals surface area contributed by atoms with Crippen molar-refractivity contribution >= 4 is 27.9 Å². The van der Waals surface area contributed by atoms with Gasteiger partial charge in [0.1, 0.15) is 12.1 Å². The number of nitrogens with zero attached hydrogens (tertiary/aromatic N) is 1. The summed E-state index contributed by atoms with van der Waals surface area (Å²) in [4.78, 5) is 38.4. The van der Waals surface area contributed by atoms with Gasteiger partial charge in [-0.2, -0.15) is 0 Å². The first kappa shape index (κ1) is 21.3. The Balaban J connectivity index is 1.52. The second-order valence-electron chi connectivity index (χ2n) is 7.73. The Morgan fingerprint density at radius 1 is 1.28 bits per heavy atom. The van der Waals surface area contributed by atoms with E-state index in [1.165, 1.54) is 12.1 Å². The highest BCUT2D eigenvalue weighted by molar-refractivity contribution is 7.89. The highest BCUT2D eigenvalue weighted by Gasteiger charge is 2.55. The number of rotatable bonds is 6. The van der Waals surface area contributed by atoms with E-state index in [9.17, 15) is 22.8 Å². The second-order valence-corrected chi connectivity index (χ2v) is 9.29. The first-order valence-electron chi connectivity index (χ1n) is 9.66. The topological polar surface area (TPSA) is 139 Å². The summed E-state index contributed by atoms with van der Waals surface area (Å²) in [7, 11) is -3.74. The highest BCUT2D eigenvalue weighted by atomic mass is 32.2. The Morgan fingerprint density at radius 3 is 2.59 bits per heavy atom. The summed E-state index contributed by atoms with van der Waals surface area (Å²) < 4.78 is 22.5. The van der Waals surface area contributed by atoms with Gasteiger partial charge in [0.15, 0.2) is 0 Å². The summed E-state index contributed by atoms with van der Waals surface area (Å²) in [6.45, 7) is 1.93. The summed E-state index contributed by atoms with van der Waals surface area (Å²) in [5.41, 5.74) is -0.0524. The number of nitrogens with one attached hydrogen (secondary N) is 2. The number of primary sulfonamides is 1. The van der Waals surface area contributed by atoms with Crippen molar-refractivity contribution in [2.24, 2.45) is 11.1 Å². The summed E-state index contributed by atoms with van der Waals surface area (Å²) in [6.07, 6.45) is 3.85. The molecule has 2 fully saturated rings. The third kappa shape index (κ3) is 4.43. The number of imide groups is 1. The van der Waals surface area contributed by atoms with Crippen LogP contribution in [0.5, 0.6) is 0 Å². The fourth-order valence-electron chi connectivity index (χ4n) is 4.03. The molecule has 158 valence electrons. The summed E-state index contributed by atoms with van der Waals surface area (Å²) in [6, 6.07) is 5.54. The van der Waals surface area contributed by atoms with Crippen LogP contribution < -0.4 is 15.8 Å². The van der Waals surface area contributed by atoms with Gasteiger partial charge in [-0.05, 0) is 42.9 Å². The van der Waals surface area contributed by atoms with E-state index in [0.717, 1.165) is 29.7 Å². The monoisotopic (exact) mass is 422 g/mol. The fourth-order valence-corrected chi connectivity index (χ4v) is 4.55. The van der Waals surface area contributed by atoms with Gasteiger partial charge in [-0.3, -0.25) is 14.5 Å². The molecule has 1 spiro atoms. The fraction of sp³-hybridized carbons (Fsp3) is 0.526. The van der Waals surface area contributed by atoms with Gasteiger partial charge in [0, 0.05) is 6.54 Å². The lowest BCUT2D eigenvalue weighted by Gasteiger charge is -2.36. The average Bonchev–Trinajstić information content (AvgIpc) is 2.89. The molecule has 2 atom stereocenters. The van der Waals surface area contributed by atoms with Gasteiger partial charge in [0.2, 0.25) is 15.9 Å². The van der Waals surface area contributed by atoms with Gasteiger partial charge in [0.05, 0.1) is 4.90 Å². The maximum absolute atomic E-state index is 12.9. The number of hydrogen-bond acceptors (Lipinski definition) is 5. The van der Waals surface area contributed by atoms with Gasteiger partial charge < -0.3 is 10.6 Å². The molecule has 0 radical (unpaired) electrons. The molecule has 2 aliphatic rings. The van der Waals surface area contributed by atoms with E-state index in [0.29, 0.717) is 19.4 Å². The van der Waals surface area contributed by atoms with Crippen molar-refractivity contribution in [2.75, 3.05) is 13.1 Å². The molecule has 1 aliphatic heterocycles. The molecule has 29 heavy (non-hydrogen) atoms. The number of hydrogen-bond donors (Lipinski definition) is 3. The quantitative estimate of drug-likeness (QED) is 0.573. The lowest BCUT2D eigenvalue weighted by Crippen LogP contribution is -2.54. The van der Waals surface area contributed by atoms with Crippen LogP contribution in [0, 0.1) is 5.92 Å². The minimum absolute atomic E-state index is 0.0229. The van der Waals surface area contributed by atoms with Crippen LogP contribution in [0.1, 0.15) is 38.2 Å². The molecule has 1 aromatic carbocycles.